The van der Waals surface area contributed by atoms with Crippen LogP contribution in [0.15, 0.2) is 30.3 Å². The Hall–Kier alpha value is -2.93. The average Bonchev–Trinajstić information content (AvgIpc) is 3.40. The minimum Gasteiger partial charge on any atom is -0.493 e. The Balaban J connectivity index is 1.71. The molecule has 0 spiro atoms. The monoisotopic (exact) mass is 579 g/mol. The second-order valence-corrected chi connectivity index (χ2v) is 10.7. The molecule has 3 heterocycles. The number of thiophene rings is 1. The van der Waals surface area contributed by atoms with Crippen LogP contribution in [0.4, 0.5) is 5.82 Å². The number of nitrogens with one attached hydrogen (secondary N) is 1. The number of fused-ring (bicyclic) bond motifs is 1. The van der Waals surface area contributed by atoms with Gasteiger partial charge >= 0.3 is 5.97 Å². The van der Waals surface area contributed by atoms with Gasteiger partial charge in [0.05, 0.1) is 24.6 Å². The van der Waals surface area contributed by atoms with Crippen LogP contribution in [0.2, 0.25) is 0 Å². The minimum absolute atomic E-state index is 0.141. The maximum absolute atomic E-state index is 11.4. The number of methoxy groups -OCH3 is 2. The number of carboxylic acids is 1. The molecule has 172 valence electrons. The van der Waals surface area contributed by atoms with Crippen LogP contribution in [0.3, 0.4) is 0 Å². The maximum atomic E-state index is 11.4. The van der Waals surface area contributed by atoms with E-state index in [0.29, 0.717) is 28.8 Å². The van der Waals surface area contributed by atoms with Gasteiger partial charge < -0.3 is 19.9 Å². The lowest BCUT2D eigenvalue weighted by molar-refractivity contribution is 0.0685. The largest absolute Gasteiger partial charge is 0.493 e. The smallest absolute Gasteiger partial charge is 0.354 e. The van der Waals surface area contributed by atoms with Crippen molar-refractivity contribution >= 4 is 56.6 Å². The summed E-state index contributed by atoms with van der Waals surface area (Å²) in [7, 11) is 4.81. The molecule has 0 fully saturated rings. The lowest BCUT2D eigenvalue weighted by Gasteiger charge is -2.25. The molecule has 0 saturated carbocycles. The molecule has 33 heavy (non-hydrogen) atoms. The molecule has 11 heteroatoms. The second kappa shape index (κ2) is 8.78. The summed E-state index contributed by atoms with van der Waals surface area (Å²) in [5, 5.41) is 18.0. The number of aromatic carboxylic acids is 1. The molecule has 0 aliphatic carbocycles. The number of anilines is 1. The van der Waals surface area contributed by atoms with Crippen molar-refractivity contribution in [1.29, 1.82) is 0 Å². The molecule has 0 aliphatic heterocycles. The summed E-state index contributed by atoms with van der Waals surface area (Å²) < 4.78 is 11.7. The van der Waals surface area contributed by atoms with E-state index in [-0.39, 0.29) is 5.69 Å². The highest BCUT2D eigenvalue weighted by Crippen LogP contribution is 2.41. The third-order valence-corrected chi connectivity index (χ3v) is 7.63. The van der Waals surface area contributed by atoms with Crippen molar-refractivity contribution in [2.45, 2.75) is 17.4 Å². The highest BCUT2D eigenvalue weighted by molar-refractivity contribution is 14.1. The van der Waals surface area contributed by atoms with Crippen LogP contribution in [0.25, 0.3) is 21.5 Å². The van der Waals surface area contributed by atoms with E-state index in [1.807, 2.05) is 38.1 Å². The number of carboxylic acid groups (broad SMARTS) is 1. The molecule has 2 N–H and O–H groups in total. The molecule has 0 amide bonds. The highest BCUT2D eigenvalue weighted by atomic mass is 127. The number of hydrogen-bond acceptors (Lipinski definition) is 8. The Morgan fingerprint density at radius 3 is 2.52 bits per heavy atom. The summed E-state index contributed by atoms with van der Waals surface area (Å²) in [4.78, 5) is 22.5. The first-order valence-electron chi connectivity index (χ1n) is 9.88. The number of ether oxygens (including phenoxy) is 2. The average molecular weight is 579 g/mol. The van der Waals surface area contributed by atoms with Crippen molar-refractivity contribution < 1.29 is 19.4 Å². The molecule has 0 bridgehead atoms. The fourth-order valence-corrected chi connectivity index (χ4v) is 5.19. The lowest BCUT2D eigenvalue weighted by atomic mass is 10.2. The number of alkyl halides is 1. The topological polar surface area (TPSA) is 111 Å². The molecule has 1 aromatic carbocycles. The fraction of sp³-hybridized carbons (Fsp3) is 0.273. The van der Waals surface area contributed by atoms with E-state index in [1.165, 1.54) is 4.68 Å². The molecule has 1 atom stereocenters. The number of rotatable bonds is 7. The number of aryl methyl sites for hydroxylation is 2. The zero-order chi connectivity index (χ0) is 23.9. The fourth-order valence-electron chi connectivity index (χ4n) is 3.47. The number of carbonyl (C=O) groups is 1. The quantitative estimate of drug-likeness (QED) is 0.182. The van der Waals surface area contributed by atoms with Crippen molar-refractivity contribution in [3.8, 4) is 22.1 Å². The van der Waals surface area contributed by atoms with Crippen LogP contribution in [-0.4, -0.2) is 45.0 Å². The predicted molar refractivity (Wildman–Crippen MR) is 136 cm³/mol. The second-order valence-electron chi connectivity index (χ2n) is 7.48. The van der Waals surface area contributed by atoms with Gasteiger partial charge in [0, 0.05) is 23.4 Å². The number of nitrogens with zero attached hydrogens (tertiary/aromatic N) is 4. The van der Waals surface area contributed by atoms with E-state index in [0.717, 1.165) is 20.7 Å². The van der Waals surface area contributed by atoms with Gasteiger partial charge in [-0.3, -0.25) is 4.68 Å². The predicted octanol–water partition coefficient (Wildman–Crippen LogP) is 4.84. The molecule has 0 radical (unpaired) electrons. The van der Waals surface area contributed by atoms with Crippen LogP contribution in [0.1, 0.15) is 28.1 Å². The Labute approximate surface area is 207 Å². The van der Waals surface area contributed by atoms with Crippen LogP contribution in [-0.2, 0) is 10.6 Å². The van der Waals surface area contributed by atoms with Crippen molar-refractivity contribution in [1.82, 2.24) is 19.7 Å². The number of hydrogen-bond donors (Lipinski definition) is 2. The first-order chi connectivity index (χ1) is 15.6. The van der Waals surface area contributed by atoms with Gasteiger partial charge in [0.2, 0.25) is 0 Å². The van der Waals surface area contributed by atoms with E-state index in [4.69, 9.17) is 9.47 Å². The van der Waals surface area contributed by atoms with Crippen LogP contribution >= 0.6 is 33.9 Å². The molecular weight excluding hydrogens is 557 g/mol. The zero-order valence-corrected chi connectivity index (χ0v) is 21.6. The lowest BCUT2D eigenvalue weighted by Crippen LogP contribution is -2.24. The van der Waals surface area contributed by atoms with E-state index in [9.17, 15) is 9.90 Å². The van der Waals surface area contributed by atoms with Gasteiger partial charge in [0.1, 0.15) is 26.6 Å². The van der Waals surface area contributed by atoms with Gasteiger partial charge in [-0.15, -0.1) is 11.3 Å². The summed E-state index contributed by atoms with van der Waals surface area (Å²) in [5.74, 6) is 1.50. The molecule has 4 aromatic rings. The Kier molecular flexibility index (Phi) is 6.18. The molecule has 9 nitrogen and oxygen atoms in total. The van der Waals surface area contributed by atoms with E-state index in [1.54, 1.807) is 38.7 Å². The SMILES string of the molecule is COc1cc2nc(C)nc(NC(C)(I)c3ccc(-c4cc(C(=O)O)n(C)n4)s3)c2cc1OC. The first kappa shape index (κ1) is 23.2. The van der Waals surface area contributed by atoms with Crippen molar-refractivity contribution in [2.75, 3.05) is 19.5 Å². The van der Waals surface area contributed by atoms with Crippen molar-refractivity contribution in [2.24, 2.45) is 7.05 Å². The Morgan fingerprint density at radius 1 is 1.18 bits per heavy atom. The number of benzene rings is 1. The highest BCUT2D eigenvalue weighted by Gasteiger charge is 2.27. The minimum atomic E-state index is -1.01. The normalized spacial score (nSPS) is 13.0. The molecule has 4 rings (SSSR count). The molecule has 1 unspecified atom stereocenters. The van der Waals surface area contributed by atoms with Gasteiger partial charge in [-0.05, 0) is 60.7 Å². The number of halogens is 1. The van der Waals surface area contributed by atoms with E-state index < -0.39 is 9.51 Å². The van der Waals surface area contributed by atoms with E-state index >= 15 is 0 Å². The summed E-state index contributed by atoms with van der Waals surface area (Å²) in [6.07, 6.45) is 0. The molecule has 3 aromatic heterocycles. The zero-order valence-electron chi connectivity index (χ0n) is 18.6. The summed E-state index contributed by atoms with van der Waals surface area (Å²) in [6, 6.07) is 9.24. The molecule has 0 aliphatic rings. The van der Waals surface area contributed by atoms with Crippen molar-refractivity contribution in [3.63, 3.8) is 0 Å². The first-order valence-corrected chi connectivity index (χ1v) is 11.8. The van der Waals surface area contributed by atoms with Gasteiger partial charge in [0.15, 0.2) is 11.5 Å². The van der Waals surface area contributed by atoms with Crippen LogP contribution < -0.4 is 14.8 Å². The van der Waals surface area contributed by atoms with Crippen LogP contribution in [0.5, 0.6) is 11.5 Å². The third kappa shape index (κ3) is 4.47. The number of aromatic nitrogens is 4. The maximum Gasteiger partial charge on any atom is 0.354 e. The summed E-state index contributed by atoms with van der Waals surface area (Å²) in [6.45, 7) is 3.89. The Bertz CT molecular complexity index is 1360. The van der Waals surface area contributed by atoms with Gasteiger partial charge in [-0.25, -0.2) is 14.8 Å². The van der Waals surface area contributed by atoms with Crippen LogP contribution in [0, 0.1) is 6.92 Å². The third-order valence-electron chi connectivity index (χ3n) is 5.09. The molecular formula is C22H22IN5O4S. The summed E-state index contributed by atoms with van der Waals surface area (Å²) >= 11 is 3.88. The Morgan fingerprint density at radius 2 is 1.88 bits per heavy atom. The van der Waals surface area contributed by atoms with E-state index in [2.05, 4.69) is 43.0 Å². The summed E-state index contributed by atoms with van der Waals surface area (Å²) in [5.41, 5.74) is 1.51. The standard InChI is InChI=1S/C22H22IN5O4S/c1-11-24-13-10-17(32-5)16(31-4)8-12(13)20(25-11)26-22(2,23)19-7-6-18(33-19)14-9-15(21(29)30)28(3)27-14/h6-10H,1-5H3,(H,29,30)(H,24,25,26). The van der Waals surface area contributed by atoms with Gasteiger partial charge in [-0.1, -0.05) is 0 Å². The molecule has 0 saturated heterocycles. The van der Waals surface area contributed by atoms with Crippen molar-refractivity contribution in [3.05, 3.63) is 46.7 Å². The van der Waals surface area contributed by atoms with Gasteiger partial charge in [-0.2, -0.15) is 5.10 Å². The van der Waals surface area contributed by atoms with Gasteiger partial charge in [0.25, 0.3) is 0 Å².